The average molecular weight is 644 g/mol. The number of rotatable bonds is 5. The Morgan fingerprint density at radius 2 is 1.70 bits per heavy atom. The van der Waals surface area contributed by atoms with Crippen molar-refractivity contribution in [3.63, 3.8) is 0 Å². The molecule has 2 aliphatic rings. The first kappa shape index (κ1) is 29.2. The van der Waals surface area contributed by atoms with E-state index in [0.29, 0.717) is 26.2 Å². The van der Waals surface area contributed by atoms with Crippen molar-refractivity contribution in [2.75, 3.05) is 10.2 Å². The van der Waals surface area contributed by atoms with Gasteiger partial charge >= 0.3 is 11.0 Å². The van der Waals surface area contributed by atoms with Gasteiger partial charge in [-0.2, -0.15) is 13.2 Å². The molecule has 3 aromatic carbocycles. The van der Waals surface area contributed by atoms with Crippen molar-refractivity contribution in [1.29, 1.82) is 0 Å². The lowest BCUT2D eigenvalue weighted by Crippen LogP contribution is -2.33. The predicted molar refractivity (Wildman–Crippen MR) is 159 cm³/mol. The summed E-state index contributed by atoms with van der Waals surface area (Å²) in [5.74, 6) is -3.60. The van der Waals surface area contributed by atoms with Crippen LogP contribution in [0.2, 0.25) is 5.02 Å². The number of aryl methyl sites for hydroxylation is 1. The molecule has 2 aliphatic heterocycles. The number of benzene rings is 3. The van der Waals surface area contributed by atoms with Crippen LogP contribution >= 0.6 is 34.7 Å². The molecule has 0 aliphatic carbocycles. The first-order valence-corrected chi connectivity index (χ1v) is 15.1. The maximum atomic E-state index is 13.9. The number of amides is 3. The normalized spacial score (nSPS) is 19.7. The monoisotopic (exact) mass is 643 g/mol. The standard InChI is InChI=1S/C30H21ClF3N3O4S2/c1-15-4-2-6-19(12-15)35-21(38)14-36-28-25(43-29(36)41)22(16-8-10-18(31)11-9-16)23-24(42-28)27(40)37(26(23)39)20-7-3-5-17(13-20)30(32,33)34/h2-13,22-24H,14H2,1H3,(H,35,38)/t22-,23?,24?/m1/s1. The number of thioether (sulfide) groups is 1. The van der Waals surface area contributed by atoms with Crippen LogP contribution < -0.4 is 15.1 Å². The summed E-state index contributed by atoms with van der Waals surface area (Å²) in [6.07, 6.45) is -4.67. The van der Waals surface area contributed by atoms with E-state index in [4.69, 9.17) is 11.6 Å². The molecule has 3 atom stereocenters. The molecule has 0 spiro atoms. The fourth-order valence-electron chi connectivity index (χ4n) is 5.43. The minimum atomic E-state index is -4.67. The van der Waals surface area contributed by atoms with Gasteiger partial charge in [-0.05, 0) is 60.5 Å². The van der Waals surface area contributed by atoms with Crippen LogP contribution in [-0.4, -0.2) is 27.5 Å². The summed E-state index contributed by atoms with van der Waals surface area (Å²) in [6, 6.07) is 17.8. The Labute approximate surface area is 256 Å². The van der Waals surface area contributed by atoms with Crippen LogP contribution in [0.5, 0.6) is 0 Å². The highest BCUT2D eigenvalue weighted by atomic mass is 35.5. The Balaban J connectivity index is 1.41. The number of fused-ring (bicyclic) bond motifs is 2. The molecule has 7 nitrogen and oxygen atoms in total. The largest absolute Gasteiger partial charge is 0.416 e. The van der Waals surface area contributed by atoms with E-state index in [1.54, 1.807) is 42.5 Å². The van der Waals surface area contributed by atoms with E-state index in [2.05, 4.69) is 5.32 Å². The summed E-state index contributed by atoms with van der Waals surface area (Å²) in [5, 5.41) is 2.52. The predicted octanol–water partition coefficient (Wildman–Crippen LogP) is 6.32. The smallest absolute Gasteiger partial charge is 0.325 e. The Kier molecular flexibility index (Phi) is 7.47. The number of alkyl halides is 3. The third-order valence-corrected chi connectivity index (χ3v) is 10.2. The lowest BCUT2D eigenvalue weighted by atomic mass is 9.83. The van der Waals surface area contributed by atoms with Gasteiger partial charge in [-0.3, -0.25) is 23.7 Å². The Morgan fingerprint density at radius 3 is 2.40 bits per heavy atom. The van der Waals surface area contributed by atoms with E-state index in [0.717, 1.165) is 51.8 Å². The molecule has 1 fully saturated rings. The Morgan fingerprint density at radius 1 is 0.977 bits per heavy atom. The number of aromatic nitrogens is 1. The van der Waals surface area contributed by atoms with Crippen LogP contribution in [0, 0.1) is 12.8 Å². The summed E-state index contributed by atoms with van der Waals surface area (Å²) in [6.45, 7) is 1.54. The summed E-state index contributed by atoms with van der Waals surface area (Å²) >= 11 is 7.96. The molecule has 3 heterocycles. The second-order valence-electron chi connectivity index (χ2n) is 10.2. The SMILES string of the molecule is Cc1cccc(NC(=O)Cn2c3c(sc2=O)[C@H](c2ccc(Cl)cc2)C2C(=O)N(c4cccc(C(F)(F)F)c4)C(=O)C2S3)c1. The van der Waals surface area contributed by atoms with Crippen molar-refractivity contribution in [1.82, 2.24) is 4.57 Å². The molecule has 1 N–H and O–H groups in total. The molecule has 1 aromatic heterocycles. The van der Waals surface area contributed by atoms with Crippen LogP contribution in [0.15, 0.2) is 82.6 Å². The van der Waals surface area contributed by atoms with Gasteiger partial charge in [-0.1, -0.05) is 65.0 Å². The second kappa shape index (κ2) is 11.0. The number of carbonyl (C=O) groups is 3. The summed E-state index contributed by atoms with van der Waals surface area (Å²) < 4.78 is 41.7. The number of hydrogen-bond donors (Lipinski definition) is 1. The van der Waals surface area contributed by atoms with E-state index in [1.807, 2.05) is 13.0 Å². The molecule has 43 heavy (non-hydrogen) atoms. The zero-order valence-electron chi connectivity index (χ0n) is 22.2. The third kappa shape index (κ3) is 5.39. The number of thiazole rings is 1. The maximum absolute atomic E-state index is 13.9. The number of hydrogen-bond acceptors (Lipinski definition) is 6. The summed E-state index contributed by atoms with van der Waals surface area (Å²) in [4.78, 5) is 54.8. The van der Waals surface area contributed by atoms with Crippen molar-refractivity contribution in [2.45, 2.75) is 35.8 Å². The molecule has 1 saturated heterocycles. The molecule has 0 bridgehead atoms. The van der Waals surface area contributed by atoms with Crippen LogP contribution in [0.25, 0.3) is 0 Å². The molecule has 0 radical (unpaired) electrons. The van der Waals surface area contributed by atoms with Gasteiger partial charge in [0.25, 0.3) is 0 Å². The lowest BCUT2D eigenvalue weighted by Gasteiger charge is -2.30. The maximum Gasteiger partial charge on any atom is 0.416 e. The first-order valence-electron chi connectivity index (χ1n) is 13.0. The van der Waals surface area contributed by atoms with Gasteiger partial charge in [0.05, 0.1) is 22.2 Å². The van der Waals surface area contributed by atoms with Crippen LogP contribution in [0.3, 0.4) is 0 Å². The second-order valence-corrected chi connectivity index (χ2v) is 12.8. The lowest BCUT2D eigenvalue weighted by molar-refractivity contribution is -0.137. The molecule has 4 aromatic rings. The van der Waals surface area contributed by atoms with Crippen LogP contribution in [0.1, 0.15) is 27.5 Å². The van der Waals surface area contributed by atoms with E-state index in [1.165, 1.54) is 10.6 Å². The van der Waals surface area contributed by atoms with Crippen molar-refractivity contribution in [2.24, 2.45) is 5.92 Å². The number of anilines is 2. The fraction of sp³-hybridized carbons (Fsp3) is 0.200. The van der Waals surface area contributed by atoms with Crippen molar-refractivity contribution < 1.29 is 27.6 Å². The molecule has 0 saturated carbocycles. The summed E-state index contributed by atoms with van der Waals surface area (Å²) in [5.41, 5.74) is 0.917. The molecule has 6 rings (SSSR count). The van der Waals surface area contributed by atoms with Gasteiger partial charge in [0.15, 0.2) is 0 Å². The van der Waals surface area contributed by atoms with Crippen molar-refractivity contribution in [3.05, 3.63) is 109 Å². The van der Waals surface area contributed by atoms with Crippen molar-refractivity contribution >= 4 is 63.8 Å². The number of nitrogens with one attached hydrogen (secondary N) is 1. The van der Waals surface area contributed by atoms with Gasteiger partial charge < -0.3 is 5.32 Å². The van der Waals surface area contributed by atoms with Gasteiger partial charge in [-0.25, -0.2) is 4.90 Å². The Bertz CT molecular complexity index is 1840. The summed E-state index contributed by atoms with van der Waals surface area (Å²) in [7, 11) is 0. The highest BCUT2D eigenvalue weighted by molar-refractivity contribution is 8.00. The number of nitrogens with zero attached hydrogens (tertiary/aromatic N) is 2. The van der Waals surface area contributed by atoms with Crippen LogP contribution in [-0.2, 0) is 27.1 Å². The van der Waals surface area contributed by atoms with Crippen LogP contribution in [0.4, 0.5) is 24.5 Å². The third-order valence-electron chi connectivity index (χ3n) is 7.31. The fourth-order valence-corrected chi connectivity index (χ4v) is 8.33. The van der Waals surface area contributed by atoms with Gasteiger partial charge in [0, 0.05) is 21.5 Å². The molecule has 220 valence electrons. The van der Waals surface area contributed by atoms with E-state index in [9.17, 15) is 32.3 Å². The average Bonchev–Trinajstić information content (AvgIpc) is 3.39. The molecular weight excluding hydrogens is 623 g/mol. The van der Waals surface area contributed by atoms with Crippen molar-refractivity contribution in [3.8, 4) is 0 Å². The number of carbonyl (C=O) groups excluding carboxylic acids is 3. The highest BCUT2D eigenvalue weighted by Gasteiger charge is 2.57. The van der Waals surface area contributed by atoms with E-state index < -0.39 is 51.4 Å². The first-order chi connectivity index (χ1) is 20.4. The topological polar surface area (TPSA) is 88.5 Å². The quantitative estimate of drug-likeness (QED) is 0.257. The zero-order chi connectivity index (χ0) is 30.6. The molecule has 13 heteroatoms. The minimum Gasteiger partial charge on any atom is -0.325 e. The number of imide groups is 1. The minimum absolute atomic E-state index is 0.187. The molecule has 3 amide bonds. The highest BCUT2D eigenvalue weighted by Crippen LogP contribution is 2.54. The Hall–Kier alpha value is -3.87. The van der Waals surface area contributed by atoms with E-state index >= 15 is 0 Å². The number of halogens is 4. The van der Waals surface area contributed by atoms with E-state index in [-0.39, 0.29) is 12.2 Å². The molecular formula is C30H21ClF3N3O4S2. The molecule has 2 unspecified atom stereocenters. The zero-order valence-corrected chi connectivity index (χ0v) is 24.6. The van der Waals surface area contributed by atoms with Gasteiger partial charge in [-0.15, -0.1) is 0 Å². The van der Waals surface area contributed by atoms with Gasteiger partial charge in [0.2, 0.25) is 17.7 Å². The van der Waals surface area contributed by atoms with Gasteiger partial charge in [0.1, 0.15) is 11.8 Å².